The van der Waals surface area contributed by atoms with Gasteiger partial charge in [0.25, 0.3) is 5.56 Å². The van der Waals surface area contributed by atoms with Gasteiger partial charge in [0.2, 0.25) is 5.91 Å². The number of ether oxygens (including phenoxy) is 1. The number of amides is 1. The molecule has 0 spiro atoms. The number of thiophene rings is 1. The van der Waals surface area contributed by atoms with Crippen molar-refractivity contribution in [3.8, 4) is 0 Å². The van der Waals surface area contributed by atoms with Gasteiger partial charge in [-0.15, -0.1) is 11.3 Å². The van der Waals surface area contributed by atoms with Crippen LogP contribution in [-0.2, 0) is 16.1 Å². The molecule has 1 saturated heterocycles. The van der Waals surface area contributed by atoms with Crippen LogP contribution < -0.4 is 10.9 Å². The van der Waals surface area contributed by atoms with Gasteiger partial charge in [0.05, 0.1) is 17.8 Å². The first-order valence-electron chi connectivity index (χ1n) is 10.0. The lowest BCUT2D eigenvalue weighted by molar-refractivity contribution is -0.123. The van der Waals surface area contributed by atoms with Crippen molar-refractivity contribution in [3.05, 3.63) is 27.1 Å². The maximum atomic E-state index is 12.7. The molecule has 7 heteroatoms. The summed E-state index contributed by atoms with van der Waals surface area (Å²) in [6.45, 7) is 12.3. The van der Waals surface area contributed by atoms with Crippen LogP contribution in [-0.4, -0.2) is 34.7 Å². The first-order chi connectivity index (χ1) is 13.2. The Bertz CT molecular complexity index is 910. The molecule has 1 aliphatic heterocycles. The fourth-order valence-electron chi connectivity index (χ4n) is 3.99. The van der Waals surface area contributed by atoms with Crippen molar-refractivity contribution >= 4 is 27.5 Å². The van der Waals surface area contributed by atoms with Crippen molar-refractivity contribution in [3.63, 3.8) is 0 Å². The van der Waals surface area contributed by atoms with Gasteiger partial charge < -0.3 is 10.1 Å². The van der Waals surface area contributed by atoms with Crippen molar-refractivity contribution in [2.24, 2.45) is 11.3 Å². The number of hydrogen-bond donors (Lipinski definition) is 1. The summed E-state index contributed by atoms with van der Waals surface area (Å²) in [6, 6.07) is 0. The van der Waals surface area contributed by atoms with Gasteiger partial charge >= 0.3 is 0 Å². The molecule has 2 unspecified atom stereocenters. The van der Waals surface area contributed by atoms with Gasteiger partial charge in [0, 0.05) is 36.9 Å². The third-order valence-corrected chi connectivity index (χ3v) is 6.71. The highest BCUT2D eigenvalue weighted by molar-refractivity contribution is 7.18. The van der Waals surface area contributed by atoms with Crippen LogP contribution >= 0.6 is 11.3 Å². The summed E-state index contributed by atoms with van der Waals surface area (Å²) in [5.74, 6) is 0.290. The molecular weight excluding hydrogens is 374 g/mol. The molecule has 0 bridgehead atoms. The average Bonchev–Trinajstić information content (AvgIpc) is 2.93. The van der Waals surface area contributed by atoms with Crippen LogP contribution in [0.15, 0.2) is 11.1 Å². The molecule has 1 amide bonds. The molecule has 3 rings (SSSR count). The van der Waals surface area contributed by atoms with E-state index in [0.29, 0.717) is 24.4 Å². The Morgan fingerprint density at radius 3 is 2.86 bits per heavy atom. The third-order valence-electron chi connectivity index (χ3n) is 5.60. The van der Waals surface area contributed by atoms with E-state index in [1.54, 1.807) is 10.9 Å². The Morgan fingerprint density at radius 2 is 2.14 bits per heavy atom. The van der Waals surface area contributed by atoms with Crippen LogP contribution in [0.3, 0.4) is 0 Å². The summed E-state index contributed by atoms with van der Waals surface area (Å²) in [6.07, 6.45) is 4.08. The van der Waals surface area contributed by atoms with E-state index in [9.17, 15) is 9.59 Å². The number of aromatic nitrogens is 2. The largest absolute Gasteiger partial charge is 0.377 e. The molecule has 2 aromatic rings. The normalized spacial score (nSPS) is 20.5. The first kappa shape index (κ1) is 21.0. The number of fused-ring (bicyclic) bond motifs is 1. The van der Waals surface area contributed by atoms with Crippen LogP contribution in [0.5, 0.6) is 0 Å². The number of nitrogens with one attached hydrogen (secondary N) is 1. The van der Waals surface area contributed by atoms with E-state index in [-0.39, 0.29) is 29.4 Å². The zero-order valence-electron chi connectivity index (χ0n) is 17.5. The van der Waals surface area contributed by atoms with Crippen LogP contribution in [0, 0.1) is 25.2 Å². The topological polar surface area (TPSA) is 73.2 Å². The zero-order valence-corrected chi connectivity index (χ0v) is 18.3. The Morgan fingerprint density at radius 1 is 1.39 bits per heavy atom. The summed E-state index contributed by atoms with van der Waals surface area (Å²) in [7, 11) is 0. The van der Waals surface area contributed by atoms with Gasteiger partial charge in [-0.3, -0.25) is 14.2 Å². The van der Waals surface area contributed by atoms with E-state index in [0.717, 1.165) is 34.7 Å². The summed E-state index contributed by atoms with van der Waals surface area (Å²) in [4.78, 5) is 31.4. The molecule has 1 N–H and O–H groups in total. The maximum absolute atomic E-state index is 12.7. The average molecular weight is 406 g/mol. The monoisotopic (exact) mass is 405 g/mol. The van der Waals surface area contributed by atoms with E-state index in [1.807, 2.05) is 13.8 Å². The standard InChI is InChI=1S/C21H31N3O3S/c1-13-14(2)28-19-17(13)20(26)24(12-23-19)9-8-16(25)22-11-15-7-6-10-27-18(15)21(3,4)5/h12,15,18H,6-11H2,1-5H3,(H,22,25). The molecule has 0 aliphatic carbocycles. The molecule has 0 radical (unpaired) electrons. The highest BCUT2D eigenvalue weighted by Gasteiger charge is 2.35. The number of carbonyl (C=O) groups excluding carboxylic acids is 1. The summed E-state index contributed by atoms with van der Waals surface area (Å²) >= 11 is 1.54. The first-order valence-corrected chi connectivity index (χ1v) is 10.8. The lowest BCUT2D eigenvalue weighted by Gasteiger charge is -2.40. The minimum atomic E-state index is -0.0619. The number of hydrogen-bond acceptors (Lipinski definition) is 5. The van der Waals surface area contributed by atoms with E-state index in [2.05, 4.69) is 31.1 Å². The second kappa shape index (κ2) is 8.33. The van der Waals surface area contributed by atoms with Crippen molar-refractivity contribution in [1.82, 2.24) is 14.9 Å². The molecule has 0 saturated carbocycles. The highest BCUT2D eigenvalue weighted by Crippen LogP contribution is 2.33. The second-order valence-electron chi connectivity index (χ2n) is 8.82. The predicted octanol–water partition coefficient (Wildman–Crippen LogP) is 3.42. The molecular formula is C21H31N3O3S. The van der Waals surface area contributed by atoms with Crippen molar-refractivity contribution in [2.45, 2.75) is 66.5 Å². The number of rotatable bonds is 5. The molecule has 6 nitrogen and oxygen atoms in total. The second-order valence-corrected chi connectivity index (χ2v) is 10.0. The fraction of sp³-hybridized carbons (Fsp3) is 0.667. The SMILES string of the molecule is Cc1sc2ncn(CCC(=O)NCC3CCCOC3C(C)(C)C)c(=O)c2c1C. The summed E-state index contributed by atoms with van der Waals surface area (Å²) < 4.78 is 7.53. The number of nitrogens with zero attached hydrogens (tertiary/aromatic N) is 2. The van der Waals surface area contributed by atoms with E-state index in [1.165, 1.54) is 11.3 Å². The molecule has 1 aliphatic rings. The smallest absolute Gasteiger partial charge is 0.262 e. The molecule has 3 heterocycles. The van der Waals surface area contributed by atoms with Crippen molar-refractivity contribution in [2.75, 3.05) is 13.2 Å². The van der Waals surface area contributed by atoms with Crippen LogP contribution in [0.1, 0.15) is 50.5 Å². The Hall–Kier alpha value is -1.73. The van der Waals surface area contributed by atoms with Gasteiger partial charge in [0.15, 0.2) is 0 Å². The van der Waals surface area contributed by atoms with E-state index < -0.39 is 0 Å². The lowest BCUT2D eigenvalue weighted by Crippen LogP contribution is -2.45. The van der Waals surface area contributed by atoms with Crippen LogP contribution in [0.25, 0.3) is 10.2 Å². The van der Waals surface area contributed by atoms with Crippen LogP contribution in [0.4, 0.5) is 0 Å². The maximum Gasteiger partial charge on any atom is 0.262 e. The number of aryl methyl sites for hydroxylation is 3. The minimum Gasteiger partial charge on any atom is -0.377 e. The van der Waals surface area contributed by atoms with E-state index in [4.69, 9.17) is 4.74 Å². The van der Waals surface area contributed by atoms with Gasteiger partial charge in [-0.1, -0.05) is 20.8 Å². The predicted molar refractivity (Wildman–Crippen MR) is 113 cm³/mol. The number of carbonyl (C=O) groups is 1. The molecule has 2 aromatic heterocycles. The van der Waals surface area contributed by atoms with Crippen molar-refractivity contribution < 1.29 is 9.53 Å². The van der Waals surface area contributed by atoms with Gasteiger partial charge in [-0.2, -0.15) is 0 Å². The quantitative estimate of drug-likeness (QED) is 0.827. The van der Waals surface area contributed by atoms with Gasteiger partial charge in [0.1, 0.15) is 4.83 Å². The highest BCUT2D eigenvalue weighted by atomic mass is 32.1. The zero-order chi connectivity index (χ0) is 20.5. The summed E-state index contributed by atoms with van der Waals surface area (Å²) in [5, 5.41) is 3.72. The Kier molecular flexibility index (Phi) is 6.25. The van der Waals surface area contributed by atoms with Gasteiger partial charge in [-0.25, -0.2) is 4.98 Å². The van der Waals surface area contributed by atoms with Crippen LogP contribution in [0.2, 0.25) is 0 Å². The third kappa shape index (κ3) is 4.46. The van der Waals surface area contributed by atoms with Crippen molar-refractivity contribution in [1.29, 1.82) is 0 Å². The summed E-state index contributed by atoms with van der Waals surface area (Å²) in [5.41, 5.74) is 0.982. The molecule has 28 heavy (non-hydrogen) atoms. The molecule has 154 valence electrons. The molecule has 1 fully saturated rings. The van der Waals surface area contributed by atoms with E-state index >= 15 is 0 Å². The molecule has 0 aromatic carbocycles. The Balaban J connectivity index is 1.59. The Labute approximate surface area is 170 Å². The fourth-order valence-corrected chi connectivity index (χ4v) is 4.98. The minimum absolute atomic E-state index is 0.0385. The van der Waals surface area contributed by atoms with Gasteiger partial charge in [-0.05, 0) is 37.7 Å². The lowest BCUT2D eigenvalue weighted by atomic mass is 9.78. The molecule has 2 atom stereocenters.